The summed E-state index contributed by atoms with van der Waals surface area (Å²) in [6, 6.07) is 12.4. The molecule has 2 aromatic carbocycles. The van der Waals surface area contributed by atoms with Gasteiger partial charge in [-0.25, -0.2) is 0 Å². The first-order valence-corrected chi connectivity index (χ1v) is 9.48. The highest BCUT2D eigenvalue weighted by molar-refractivity contribution is 5.93. The van der Waals surface area contributed by atoms with Gasteiger partial charge >= 0.3 is 5.97 Å². The molecule has 1 aliphatic rings. The smallest absolute Gasteiger partial charge is 0.312 e. The van der Waals surface area contributed by atoms with Crippen LogP contribution in [0.4, 0.5) is 0 Å². The Morgan fingerprint density at radius 2 is 1.97 bits per heavy atom. The molecule has 0 saturated heterocycles. The summed E-state index contributed by atoms with van der Waals surface area (Å²) in [5, 5.41) is 4.56. The highest BCUT2D eigenvalue weighted by Gasteiger charge is 2.34. The van der Waals surface area contributed by atoms with E-state index in [1.807, 2.05) is 43.6 Å². The van der Waals surface area contributed by atoms with Gasteiger partial charge in [-0.1, -0.05) is 30.3 Å². The van der Waals surface area contributed by atoms with Crippen LogP contribution in [0, 0.1) is 0 Å². The molecule has 4 aromatic rings. The Morgan fingerprint density at radius 1 is 1.17 bits per heavy atom. The SMILES string of the molecule is COc1cc2c(c3oc(-c4ccccc4)cc(=O)c13)C(c1cnn(C)c1)CC(=O)O2. The van der Waals surface area contributed by atoms with E-state index < -0.39 is 0 Å². The van der Waals surface area contributed by atoms with E-state index in [-0.39, 0.29) is 23.7 Å². The van der Waals surface area contributed by atoms with Crippen molar-refractivity contribution in [3.05, 3.63) is 76.2 Å². The monoisotopic (exact) mass is 402 g/mol. The van der Waals surface area contributed by atoms with Crippen molar-refractivity contribution < 1.29 is 18.7 Å². The van der Waals surface area contributed by atoms with E-state index in [9.17, 15) is 9.59 Å². The lowest BCUT2D eigenvalue weighted by Crippen LogP contribution is -2.22. The molecule has 0 bridgehead atoms. The van der Waals surface area contributed by atoms with Crippen LogP contribution in [0.25, 0.3) is 22.3 Å². The standard InChI is InChI=1S/C23H18N2O5/c1-25-12-14(11-24-25)15-8-20(27)29-19-10-18(28-2)22-16(26)9-17(30-23(22)21(15)19)13-6-4-3-5-7-13/h3-7,9-12,15H,8H2,1-2H3. The Balaban J connectivity index is 1.86. The number of benzene rings is 2. The van der Waals surface area contributed by atoms with E-state index in [1.54, 1.807) is 16.9 Å². The lowest BCUT2D eigenvalue weighted by Gasteiger charge is -2.25. The lowest BCUT2D eigenvalue weighted by atomic mass is 9.86. The number of fused-ring (bicyclic) bond motifs is 3. The van der Waals surface area contributed by atoms with Crippen molar-refractivity contribution in [1.82, 2.24) is 9.78 Å². The molecule has 7 nitrogen and oxygen atoms in total. The summed E-state index contributed by atoms with van der Waals surface area (Å²) >= 11 is 0. The van der Waals surface area contributed by atoms with Gasteiger partial charge in [0.1, 0.15) is 28.2 Å². The number of aryl methyl sites for hydroxylation is 1. The zero-order valence-corrected chi connectivity index (χ0v) is 16.4. The highest BCUT2D eigenvalue weighted by Crippen LogP contribution is 2.46. The topological polar surface area (TPSA) is 83.6 Å². The Morgan fingerprint density at radius 3 is 2.67 bits per heavy atom. The Labute approximate surface area is 171 Å². The molecule has 1 unspecified atom stereocenters. The van der Waals surface area contributed by atoms with Crippen LogP contribution in [-0.4, -0.2) is 22.9 Å². The van der Waals surface area contributed by atoms with E-state index >= 15 is 0 Å². The molecular formula is C23H18N2O5. The summed E-state index contributed by atoms with van der Waals surface area (Å²) in [6.07, 6.45) is 3.68. The van der Waals surface area contributed by atoms with Gasteiger partial charge in [0.05, 0.1) is 19.7 Å². The fourth-order valence-corrected chi connectivity index (χ4v) is 3.96. The molecular weight excluding hydrogens is 384 g/mol. The van der Waals surface area contributed by atoms with Crippen LogP contribution in [0.1, 0.15) is 23.5 Å². The number of hydrogen-bond donors (Lipinski definition) is 0. The summed E-state index contributed by atoms with van der Waals surface area (Å²) < 4.78 is 18.9. The van der Waals surface area contributed by atoms with Crippen LogP contribution in [0.5, 0.6) is 11.5 Å². The second-order valence-corrected chi connectivity index (χ2v) is 7.21. The van der Waals surface area contributed by atoms with Gasteiger partial charge < -0.3 is 13.9 Å². The fourth-order valence-electron chi connectivity index (χ4n) is 3.96. The second kappa shape index (κ2) is 6.88. The van der Waals surface area contributed by atoms with Gasteiger partial charge in [0, 0.05) is 42.4 Å². The van der Waals surface area contributed by atoms with E-state index in [0.29, 0.717) is 33.8 Å². The van der Waals surface area contributed by atoms with E-state index in [1.165, 1.54) is 13.2 Å². The van der Waals surface area contributed by atoms with Gasteiger partial charge in [0.25, 0.3) is 0 Å². The molecule has 0 amide bonds. The third kappa shape index (κ3) is 2.86. The maximum Gasteiger partial charge on any atom is 0.312 e. The molecule has 0 aliphatic carbocycles. The van der Waals surface area contributed by atoms with Crippen LogP contribution >= 0.6 is 0 Å². The summed E-state index contributed by atoms with van der Waals surface area (Å²) in [7, 11) is 3.28. The highest BCUT2D eigenvalue weighted by atomic mass is 16.5. The van der Waals surface area contributed by atoms with Crippen molar-refractivity contribution in [3.63, 3.8) is 0 Å². The summed E-state index contributed by atoms with van der Waals surface area (Å²) in [5.74, 6) is 0.358. The number of carbonyl (C=O) groups excluding carboxylic acids is 1. The largest absolute Gasteiger partial charge is 0.496 e. The van der Waals surface area contributed by atoms with Crippen LogP contribution in [0.15, 0.2) is 64.1 Å². The number of hydrogen-bond acceptors (Lipinski definition) is 6. The first-order chi connectivity index (χ1) is 14.5. The van der Waals surface area contributed by atoms with Crippen LogP contribution < -0.4 is 14.9 Å². The van der Waals surface area contributed by atoms with Gasteiger partial charge in [-0.15, -0.1) is 0 Å². The number of methoxy groups -OCH3 is 1. The zero-order valence-electron chi connectivity index (χ0n) is 16.4. The predicted octanol–water partition coefficient (Wildman–Crippen LogP) is 3.64. The normalized spacial score (nSPS) is 15.7. The van der Waals surface area contributed by atoms with Crippen molar-refractivity contribution in [2.45, 2.75) is 12.3 Å². The number of aromatic nitrogens is 2. The molecule has 30 heavy (non-hydrogen) atoms. The van der Waals surface area contributed by atoms with E-state index in [0.717, 1.165) is 11.1 Å². The average molecular weight is 402 g/mol. The minimum atomic E-state index is -0.362. The molecule has 150 valence electrons. The van der Waals surface area contributed by atoms with Crippen LogP contribution in [0.2, 0.25) is 0 Å². The zero-order chi connectivity index (χ0) is 20.8. The maximum absolute atomic E-state index is 13.1. The van der Waals surface area contributed by atoms with Crippen LogP contribution in [-0.2, 0) is 11.8 Å². The van der Waals surface area contributed by atoms with Crippen molar-refractivity contribution in [2.75, 3.05) is 7.11 Å². The van der Waals surface area contributed by atoms with Crippen LogP contribution in [0.3, 0.4) is 0 Å². The second-order valence-electron chi connectivity index (χ2n) is 7.21. The van der Waals surface area contributed by atoms with Gasteiger partial charge in [0.15, 0.2) is 5.43 Å². The molecule has 2 aromatic heterocycles. The molecule has 0 spiro atoms. The molecule has 1 aliphatic heterocycles. The Kier molecular flexibility index (Phi) is 4.17. The van der Waals surface area contributed by atoms with Crippen molar-refractivity contribution in [2.24, 2.45) is 7.05 Å². The summed E-state index contributed by atoms with van der Waals surface area (Å²) in [5.41, 5.74) is 2.40. The Bertz CT molecular complexity index is 1340. The number of rotatable bonds is 3. The average Bonchev–Trinajstić information content (AvgIpc) is 3.18. The molecule has 5 rings (SSSR count). The number of carbonyl (C=O) groups is 1. The molecule has 3 heterocycles. The molecule has 0 fully saturated rings. The number of esters is 1. The minimum Gasteiger partial charge on any atom is -0.496 e. The number of ether oxygens (including phenoxy) is 2. The molecule has 0 radical (unpaired) electrons. The van der Waals surface area contributed by atoms with Crippen molar-refractivity contribution in [3.8, 4) is 22.8 Å². The van der Waals surface area contributed by atoms with Gasteiger partial charge in [-0.05, 0) is 5.56 Å². The maximum atomic E-state index is 13.1. The lowest BCUT2D eigenvalue weighted by molar-refractivity contribution is -0.135. The van der Waals surface area contributed by atoms with E-state index in [4.69, 9.17) is 13.9 Å². The fraction of sp³-hybridized carbons (Fsp3) is 0.174. The van der Waals surface area contributed by atoms with E-state index in [2.05, 4.69) is 5.10 Å². The Hall–Kier alpha value is -3.87. The minimum absolute atomic E-state index is 0.124. The number of nitrogens with zero attached hydrogens (tertiary/aromatic N) is 2. The van der Waals surface area contributed by atoms with Gasteiger partial charge in [-0.2, -0.15) is 5.10 Å². The van der Waals surface area contributed by atoms with Gasteiger partial charge in [0.2, 0.25) is 0 Å². The van der Waals surface area contributed by atoms with Crippen molar-refractivity contribution >= 4 is 16.9 Å². The molecule has 0 N–H and O–H groups in total. The van der Waals surface area contributed by atoms with Crippen molar-refractivity contribution in [1.29, 1.82) is 0 Å². The summed E-state index contributed by atoms with van der Waals surface area (Å²) in [4.78, 5) is 25.4. The molecule has 1 atom stereocenters. The first kappa shape index (κ1) is 18.2. The third-order valence-corrected chi connectivity index (χ3v) is 5.31. The third-order valence-electron chi connectivity index (χ3n) is 5.31. The molecule has 0 saturated carbocycles. The summed E-state index contributed by atoms with van der Waals surface area (Å²) in [6.45, 7) is 0. The predicted molar refractivity (Wildman–Crippen MR) is 110 cm³/mol. The van der Waals surface area contributed by atoms with Gasteiger partial charge in [-0.3, -0.25) is 14.3 Å². The first-order valence-electron chi connectivity index (χ1n) is 9.48. The molecule has 7 heteroatoms. The quantitative estimate of drug-likeness (QED) is 0.384.